The molecule has 0 aliphatic rings. The lowest BCUT2D eigenvalue weighted by molar-refractivity contribution is 0.515. The van der Waals surface area contributed by atoms with Crippen LogP contribution < -0.4 is 10.6 Å². The molecule has 108 valence electrons. The summed E-state index contributed by atoms with van der Waals surface area (Å²) in [6.07, 6.45) is 0. The summed E-state index contributed by atoms with van der Waals surface area (Å²) in [5.74, 6) is 1.01. The molecule has 1 aromatic heterocycles. The molecule has 0 saturated heterocycles. The smallest absolute Gasteiger partial charge is 0.171 e. The molecular weight excluding hydrogens is 272 g/mol. The molecule has 19 heavy (non-hydrogen) atoms. The molecular formula is C15H26N2S2. The van der Waals surface area contributed by atoms with Crippen LogP contribution in [0.1, 0.15) is 70.7 Å². The lowest BCUT2D eigenvalue weighted by Crippen LogP contribution is -2.43. The summed E-state index contributed by atoms with van der Waals surface area (Å²) in [6.45, 7) is 15.2. The Bertz CT molecular complexity index is 414. The summed E-state index contributed by atoms with van der Waals surface area (Å²) in [6, 6.07) is 0. The summed E-state index contributed by atoms with van der Waals surface area (Å²) >= 11 is 7.25. The van der Waals surface area contributed by atoms with Gasteiger partial charge in [0.2, 0.25) is 0 Å². The predicted molar refractivity (Wildman–Crippen MR) is 91.6 cm³/mol. The van der Waals surface area contributed by atoms with Gasteiger partial charge in [0.25, 0.3) is 0 Å². The Morgan fingerprint density at radius 3 is 2.16 bits per heavy atom. The van der Waals surface area contributed by atoms with Gasteiger partial charge >= 0.3 is 0 Å². The first-order valence-electron chi connectivity index (χ1n) is 6.82. The van der Waals surface area contributed by atoms with E-state index >= 15 is 0 Å². The molecule has 0 fully saturated rings. The Labute approximate surface area is 127 Å². The van der Waals surface area contributed by atoms with Crippen LogP contribution >= 0.6 is 23.6 Å². The van der Waals surface area contributed by atoms with Gasteiger partial charge in [0, 0.05) is 10.4 Å². The van der Waals surface area contributed by atoms with E-state index in [4.69, 9.17) is 12.2 Å². The van der Waals surface area contributed by atoms with Gasteiger partial charge < -0.3 is 10.6 Å². The summed E-state index contributed by atoms with van der Waals surface area (Å²) in [4.78, 5) is 1.38. The fraction of sp³-hybridized carbons (Fsp3) is 0.667. The minimum atomic E-state index is -0.0178. The third kappa shape index (κ3) is 4.77. The summed E-state index contributed by atoms with van der Waals surface area (Å²) in [7, 11) is 0. The van der Waals surface area contributed by atoms with Crippen molar-refractivity contribution in [3.63, 3.8) is 0 Å². The van der Waals surface area contributed by atoms with Gasteiger partial charge in [0.15, 0.2) is 5.11 Å². The largest absolute Gasteiger partial charge is 0.358 e. The van der Waals surface area contributed by atoms with Crippen molar-refractivity contribution in [2.75, 3.05) is 5.32 Å². The molecule has 0 aliphatic carbocycles. The van der Waals surface area contributed by atoms with E-state index < -0.39 is 0 Å². The maximum Gasteiger partial charge on any atom is 0.171 e. The number of rotatable bonds is 3. The fourth-order valence-corrected chi connectivity index (χ4v) is 3.47. The average Bonchev–Trinajstić information content (AvgIpc) is 2.57. The monoisotopic (exact) mass is 298 g/mol. The highest BCUT2D eigenvalue weighted by atomic mass is 32.1. The quantitative estimate of drug-likeness (QED) is 0.761. The molecule has 0 radical (unpaired) electrons. The van der Waals surface area contributed by atoms with Crippen molar-refractivity contribution >= 4 is 34.4 Å². The normalized spacial score (nSPS) is 12.1. The lowest BCUT2D eigenvalue weighted by atomic mass is 10.0. The predicted octanol–water partition coefficient (Wildman–Crippen LogP) is 5.08. The number of anilines is 1. The van der Waals surface area contributed by atoms with E-state index in [2.05, 4.69) is 64.5 Å². The lowest BCUT2D eigenvalue weighted by Gasteiger charge is -2.24. The van der Waals surface area contributed by atoms with Gasteiger partial charge in [-0.1, -0.05) is 27.7 Å². The minimum Gasteiger partial charge on any atom is -0.358 e. The van der Waals surface area contributed by atoms with E-state index in [0.717, 1.165) is 0 Å². The van der Waals surface area contributed by atoms with Gasteiger partial charge in [-0.15, -0.1) is 11.3 Å². The average molecular weight is 299 g/mol. The molecule has 0 spiro atoms. The third-order valence-electron chi connectivity index (χ3n) is 2.72. The maximum absolute atomic E-state index is 5.42. The van der Waals surface area contributed by atoms with Crippen LogP contribution in [0.2, 0.25) is 0 Å². The minimum absolute atomic E-state index is 0.0178. The van der Waals surface area contributed by atoms with E-state index in [0.29, 0.717) is 16.9 Å². The van der Waals surface area contributed by atoms with E-state index in [9.17, 15) is 0 Å². The Hall–Kier alpha value is -0.610. The maximum atomic E-state index is 5.42. The molecule has 1 rings (SSSR count). The Morgan fingerprint density at radius 2 is 1.74 bits per heavy atom. The van der Waals surface area contributed by atoms with Crippen molar-refractivity contribution in [1.82, 2.24) is 5.32 Å². The van der Waals surface area contributed by atoms with E-state index in [1.54, 1.807) is 0 Å². The fourth-order valence-electron chi connectivity index (χ4n) is 1.86. The zero-order valence-electron chi connectivity index (χ0n) is 13.0. The SMILES string of the molecule is CC(C)c1csc(C(C)C)c1NC(=S)NC(C)(C)C. The molecule has 4 heteroatoms. The van der Waals surface area contributed by atoms with Crippen LogP contribution in [0.25, 0.3) is 0 Å². The summed E-state index contributed by atoms with van der Waals surface area (Å²) in [5.41, 5.74) is 2.54. The molecule has 1 heterocycles. The van der Waals surface area contributed by atoms with Crippen LogP contribution in [0, 0.1) is 0 Å². The molecule has 0 aliphatic heterocycles. The number of hydrogen-bond donors (Lipinski definition) is 2. The van der Waals surface area contributed by atoms with E-state index in [1.807, 2.05) is 11.3 Å². The molecule has 0 unspecified atom stereocenters. The van der Waals surface area contributed by atoms with Crippen molar-refractivity contribution in [3.8, 4) is 0 Å². The van der Waals surface area contributed by atoms with Gasteiger partial charge in [0.05, 0.1) is 5.69 Å². The topological polar surface area (TPSA) is 24.1 Å². The van der Waals surface area contributed by atoms with Crippen LogP contribution in [0.15, 0.2) is 5.38 Å². The van der Waals surface area contributed by atoms with Crippen LogP contribution in [-0.2, 0) is 0 Å². The third-order valence-corrected chi connectivity index (χ3v) is 4.23. The molecule has 0 saturated carbocycles. The number of thiocarbonyl (C=S) groups is 1. The number of hydrogen-bond acceptors (Lipinski definition) is 2. The zero-order valence-corrected chi connectivity index (χ0v) is 14.7. The molecule has 0 aromatic carbocycles. The highest BCUT2D eigenvalue weighted by Crippen LogP contribution is 2.37. The zero-order chi connectivity index (χ0) is 14.8. The Morgan fingerprint density at radius 1 is 1.16 bits per heavy atom. The molecule has 2 nitrogen and oxygen atoms in total. The molecule has 0 bridgehead atoms. The first-order valence-corrected chi connectivity index (χ1v) is 8.11. The van der Waals surface area contributed by atoms with Gasteiger partial charge in [0.1, 0.15) is 0 Å². The van der Waals surface area contributed by atoms with E-state index in [1.165, 1.54) is 16.1 Å². The van der Waals surface area contributed by atoms with Gasteiger partial charge in [-0.05, 0) is 55.8 Å². The second-order valence-corrected chi connectivity index (χ2v) is 7.89. The second-order valence-electron chi connectivity index (χ2n) is 6.57. The van der Waals surface area contributed by atoms with Gasteiger partial charge in [-0.3, -0.25) is 0 Å². The molecule has 2 N–H and O–H groups in total. The first kappa shape index (κ1) is 16.4. The van der Waals surface area contributed by atoms with Crippen molar-refractivity contribution in [2.24, 2.45) is 0 Å². The van der Waals surface area contributed by atoms with Crippen LogP contribution in [0.5, 0.6) is 0 Å². The van der Waals surface area contributed by atoms with Crippen LogP contribution in [0.4, 0.5) is 5.69 Å². The van der Waals surface area contributed by atoms with E-state index in [-0.39, 0.29) is 5.54 Å². The Balaban J connectivity index is 2.98. The van der Waals surface area contributed by atoms with Crippen molar-refractivity contribution in [2.45, 2.75) is 65.8 Å². The van der Waals surface area contributed by atoms with Crippen molar-refractivity contribution in [3.05, 3.63) is 15.8 Å². The number of nitrogens with one attached hydrogen (secondary N) is 2. The number of thiophene rings is 1. The molecule has 0 amide bonds. The standard InChI is InChI=1S/C15H26N2S2/c1-9(2)11-8-19-13(10(3)4)12(11)16-14(18)17-15(5,6)7/h8-10H,1-7H3,(H2,16,17,18). The second kappa shape index (κ2) is 6.23. The molecule has 1 aromatic rings. The summed E-state index contributed by atoms with van der Waals surface area (Å²) in [5, 5.41) is 9.68. The van der Waals surface area contributed by atoms with Crippen LogP contribution in [0.3, 0.4) is 0 Å². The Kier molecular flexibility index (Phi) is 5.39. The van der Waals surface area contributed by atoms with Gasteiger partial charge in [-0.2, -0.15) is 0 Å². The highest BCUT2D eigenvalue weighted by Gasteiger charge is 2.19. The van der Waals surface area contributed by atoms with Crippen LogP contribution in [-0.4, -0.2) is 10.7 Å². The first-order chi connectivity index (χ1) is 8.61. The molecule has 0 atom stereocenters. The van der Waals surface area contributed by atoms with Gasteiger partial charge in [-0.25, -0.2) is 0 Å². The highest BCUT2D eigenvalue weighted by molar-refractivity contribution is 7.80. The summed E-state index contributed by atoms with van der Waals surface area (Å²) < 4.78 is 0. The van der Waals surface area contributed by atoms with Crippen molar-refractivity contribution < 1.29 is 0 Å². The van der Waals surface area contributed by atoms with Crippen molar-refractivity contribution in [1.29, 1.82) is 0 Å².